The Labute approximate surface area is 206 Å². The summed E-state index contributed by atoms with van der Waals surface area (Å²) in [4.78, 5) is 19.8. The number of carbonyl (C=O) groups is 1. The van der Waals surface area contributed by atoms with Crippen LogP contribution in [0.25, 0.3) is 11.0 Å². The predicted octanol–water partition coefficient (Wildman–Crippen LogP) is 2.22. The summed E-state index contributed by atoms with van der Waals surface area (Å²) < 4.78 is 31.0. The molecule has 2 aromatic carbocycles. The van der Waals surface area contributed by atoms with Crippen molar-refractivity contribution in [1.29, 1.82) is 0 Å². The Morgan fingerprint density at radius 3 is 2.60 bits per heavy atom. The number of fused-ring (bicyclic) bond motifs is 1. The smallest absolute Gasteiger partial charge is 0.238 e. The topological polar surface area (TPSA) is 120 Å². The SMILES string of the molecule is CCCn1c(CCC(=O)NC[C@H](c2ccccc2)N2CCOCC2)nc2cc(S(N)(=O)=O)ccc21. The normalized spacial score (nSPS) is 15.8. The van der Waals surface area contributed by atoms with E-state index in [0.717, 1.165) is 37.4 Å². The van der Waals surface area contributed by atoms with Gasteiger partial charge in [0.25, 0.3) is 0 Å². The predicted molar refractivity (Wildman–Crippen MR) is 134 cm³/mol. The summed E-state index contributed by atoms with van der Waals surface area (Å²) in [6.45, 7) is 6.36. The number of hydrogen-bond acceptors (Lipinski definition) is 6. The fourth-order valence-electron chi connectivity index (χ4n) is 4.55. The molecule has 2 heterocycles. The van der Waals surface area contributed by atoms with Gasteiger partial charge < -0.3 is 14.6 Å². The van der Waals surface area contributed by atoms with Crippen LogP contribution in [0.15, 0.2) is 53.4 Å². The monoisotopic (exact) mass is 499 g/mol. The lowest BCUT2D eigenvalue weighted by atomic mass is 10.0. The average molecular weight is 500 g/mol. The van der Waals surface area contributed by atoms with Crippen LogP contribution < -0.4 is 10.5 Å². The van der Waals surface area contributed by atoms with E-state index in [2.05, 4.69) is 38.8 Å². The number of hydrogen-bond donors (Lipinski definition) is 2. The van der Waals surface area contributed by atoms with Gasteiger partial charge in [0.05, 0.1) is 35.2 Å². The number of nitrogens with two attached hydrogens (primary N) is 1. The van der Waals surface area contributed by atoms with Crippen LogP contribution in [0.3, 0.4) is 0 Å². The molecule has 0 aliphatic carbocycles. The summed E-state index contributed by atoms with van der Waals surface area (Å²) in [5, 5.41) is 8.39. The molecular formula is C25H33N5O4S. The van der Waals surface area contributed by atoms with Gasteiger partial charge in [-0.25, -0.2) is 18.5 Å². The van der Waals surface area contributed by atoms with E-state index in [1.807, 2.05) is 18.2 Å². The fourth-order valence-corrected chi connectivity index (χ4v) is 5.08. The molecule has 9 nitrogen and oxygen atoms in total. The van der Waals surface area contributed by atoms with Crippen LogP contribution in [-0.2, 0) is 32.5 Å². The van der Waals surface area contributed by atoms with Crippen LogP contribution >= 0.6 is 0 Å². The highest BCUT2D eigenvalue weighted by molar-refractivity contribution is 7.89. The molecule has 3 aromatic rings. The highest BCUT2D eigenvalue weighted by Crippen LogP contribution is 2.23. The number of aromatic nitrogens is 2. The zero-order chi connectivity index (χ0) is 24.8. The molecule has 0 spiro atoms. The maximum atomic E-state index is 12.8. The molecule has 10 heteroatoms. The third kappa shape index (κ3) is 6.26. The van der Waals surface area contributed by atoms with Crippen LogP contribution in [0.1, 0.15) is 37.2 Å². The summed E-state index contributed by atoms with van der Waals surface area (Å²) in [6.07, 6.45) is 1.64. The lowest BCUT2D eigenvalue weighted by Gasteiger charge is -2.35. The number of rotatable bonds is 10. The van der Waals surface area contributed by atoms with Gasteiger partial charge in [0.1, 0.15) is 5.82 Å². The van der Waals surface area contributed by atoms with Crippen LogP contribution in [-0.4, -0.2) is 61.6 Å². The van der Waals surface area contributed by atoms with E-state index in [1.54, 1.807) is 6.07 Å². The third-order valence-corrected chi connectivity index (χ3v) is 7.22. The van der Waals surface area contributed by atoms with Gasteiger partial charge in [-0.3, -0.25) is 9.69 Å². The second-order valence-corrected chi connectivity index (χ2v) is 10.3. The number of imidazole rings is 1. The molecule has 188 valence electrons. The van der Waals surface area contributed by atoms with Gasteiger partial charge in [0.15, 0.2) is 0 Å². The van der Waals surface area contributed by atoms with Crippen molar-refractivity contribution in [3.8, 4) is 0 Å². The lowest BCUT2D eigenvalue weighted by molar-refractivity contribution is -0.121. The molecule has 1 aliphatic rings. The minimum absolute atomic E-state index is 0.0329. The summed E-state index contributed by atoms with van der Waals surface area (Å²) in [7, 11) is -3.81. The number of nitrogens with one attached hydrogen (secondary N) is 1. The van der Waals surface area contributed by atoms with E-state index in [0.29, 0.717) is 38.1 Å². The average Bonchev–Trinajstić information content (AvgIpc) is 3.20. The van der Waals surface area contributed by atoms with Crippen molar-refractivity contribution in [3.63, 3.8) is 0 Å². The largest absolute Gasteiger partial charge is 0.379 e. The van der Waals surface area contributed by atoms with Crippen LogP contribution in [0.5, 0.6) is 0 Å². The van der Waals surface area contributed by atoms with Crippen molar-refractivity contribution in [2.75, 3.05) is 32.8 Å². The number of amides is 1. The van der Waals surface area contributed by atoms with Crippen molar-refractivity contribution in [2.24, 2.45) is 5.14 Å². The first-order chi connectivity index (χ1) is 16.9. The molecule has 1 aliphatic heterocycles. The van der Waals surface area contributed by atoms with E-state index < -0.39 is 10.0 Å². The molecule has 3 N–H and O–H groups in total. The summed E-state index contributed by atoms with van der Waals surface area (Å²) in [5.41, 5.74) is 2.58. The van der Waals surface area contributed by atoms with Gasteiger partial charge in [-0.05, 0) is 30.2 Å². The van der Waals surface area contributed by atoms with E-state index in [-0.39, 0.29) is 16.8 Å². The molecule has 1 fully saturated rings. The fraction of sp³-hybridized carbons (Fsp3) is 0.440. The lowest BCUT2D eigenvalue weighted by Crippen LogP contribution is -2.43. The highest BCUT2D eigenvalue weighted by Gasteiger charge is 2.23. The molecule has 1 amide bonds. The second-order valence-electron chi connectivity index (χ2n) is 8.75. The number of carbonyl (C=O) groups excluding carboxylic acids is 1. The molecular weight excluding hydrogens is 466 g/mol. The van der Waals surface area contributed by atoms with Crippen molar-refractivity contribution in [1.82, 2.24) is 19.8 Å². The first-order valence-corrected chi connectivity index (χ1v) is 13.6. The number of nitrogens with zero attached hydrogens (tertiary/aromatic N) is 3. The first-order valence-electron chi connectivity index (χ1n) is 12.0. The second kappa shape index (κ2) is 11.3. The molecule has 0 saturated carbocycles. The Morgan fingerprint density at radius 2 is 1.91 bits per heavy atom. The maximum Gasteiger partial charge on any atom is 0.238 e. The van der Waals surface area contributed by atoms with Gasteiger partial charge in [-0.1, -0.05) is 37.3 Å². The zero-order valence-electron chi connectivity index (χ0n) is 20.0. The van der Waals surface area contributed by atoms with E-state index in [1.165, 1.54) is 17.7 Å². The van der Waals surface area contributed by atoms with Crippen LogP contribution in [0.2, 0.25) is 0 Å². The Kier molecular flexibility index (Phi) is 8.17. The van der Waals surface area contributed by atoms with Gasteiger partial charge in [0.2, 0.25) is 15.9 Å². The molecule has 4 rings (SSSR count). The van der Waals surface area contributed by atoms with Crippen molar-refractivity contribution >= 4 is 27.0 Å². The van der Waals surface area contributed by atoms with Gasteiger partial charge in [-0.2, -0.15) is 0 Å². The summed E-state index contributed by atoms with van der Waals surface area (Å²) >= 11 is 0. The standard InChI is InChI=1S/C25H33N5O4S/c1-2-12-30-22-9-8-20(35(26,32)33)17-21(22)28-24(30)10-11-25(31)27-18-23(19-6-4-3-5-7-19)29-13-15-34-16-14-29/h3-9,17,23H,2,10-16,18H2,1H3,(H,27,31)(H2,26,32,33)/t23-/m1/s1. The number of benzene rings is 2. The summed E-state index contributed by atoms with van der Waals surface area (Å²) in [5.74, 6) is 0.718. The summed E-state index contributed by atoms with van der Waals surface area (Å²) in [6, 6.07) is 15.0. The molecule has 35 heavy (non-hydrogen) atoms. The van der Waals surface area contributed by atoms with Crippen molar-refractivity contribution < 1.29 is 17.9 Å². The van der Waals surface area contributed by atoms with Crippen LogP contribution in [0.4, 0.5) is 0 Å². The molecule has 1 atom stereocenters. The zero-order valence-corrected chi connectivity index (χ0v) is 20.8. The molecule has 0 radical (unpaired) electrons. The Morgan fingerprint density at radius 1 is 1.17 bits per heavy atom. The Bertz CT molecular complexity index is 1250. The molecule has 1 saturated heterocycles. The Balaban J connectivity index is 1.44. The quantitative estimate of drug-likeness (QED) is 0.441. The van der Waals surface area contributed by atoms with Gasteiger partial charge >= 0.3 is 0 Å². The first kappa shape index (κ1) is 25.3. The molecule has 0 bridgehead atoms. The van der Waals surface area contributed by atoms with E-state index in [9.17, 15) is 13.2 Å². The van der Waals surface area contributed by atoms with Crippen LogP contribution in [0, 0.1) is 0 Å². The van der Waals surface area contributed by atoms with E-state index in [4.69, 9.17) is 9.88 Å². The number of morpholine rings is 1. The maximum absolute atomic E-state index is 12.8. The number of primary sulfonamides is 1. The minimum atomic E-state index is -3.81. The van der Waals surface area contributed by atoms with Gasteiger partial charge in [0, 0.05) is 39.0 Å². The molecule has 1 aromatic heterocycles. The molecule has 0 unspecified atom stereocenters. The minimum Gasteiger partial charge on any atom is -0.379 e. The number of sulfonamides is 1. The number of aryl methyl sites for hydroxylation is 2. The van der Waals surface area contributed by atoms with Crippen molar-refractivity contribution in [2.45, 2.75) is 43.7 Å². The van der Waals surface area contributed by atoms with Crippen molar-refractivity contribution in [3.05, 3.63) is 59.9 Å². The third-order valence-electron chi connectivity index (χ3n) is 6.31. The van der Waals surface area contributed by atoms with Gasteiger partial charge in [-0.15, -0.1) is 0 Å². The number of ether oxygens (including phenoxy) is 1. The van der Waals surface area contributed by atoms with E-state index >= 15 is 0 Å². The highest BCUT2D eigenvalue weighted by atomic mass is 32.2. The Hall–Kier alpha value is -2.79.